The van der Waals surface area contributed by atoms with Gasteiger partial charge in [-0.15, -0.1) is 11.3 Å². The molecular weight excluding hydrogens is 617 g/mol. The molecule has 7 aromatic carbocycles. The van der Waals surface area contributed by atoms with Gasteiger partial charge in [0.05, 0.1) is 45.3 Å². The van der Waals surface area contributed by atoms with E-state index < -0.39 is 0 Å². The van der Waals surface area contributed by atoms with Crippen LogP contribution in [0.1, 0.15) is 11.1 Å². The molecule has 5 heteroatoms. The summed E-state index contributed by atoms with van der Waals surface area (Å²) < 4.78 is 7.22. The molecule has 0 saturated carbocycles. The predicted molar refractivity (Wildman–Crippen MR) is 203 cm³/mol. The molecule has 49 heavy (non-hydrogen) atoms. The SMILES string of the molecule is N#Cc1ccc2c(c1)c1cc(C#N)ccc1n2-c1cccc(-c2cccc(-n3c4ccccc4c4cc5c(cc43)sc3ccccc35)c2)c1. The van der Waals surface area contributed by atoms with Gasteiger partial charge in [-0.2, -0.15) is 10.5 Å². The van der Waals surface area contributed by atoms with E-state index in [0.717, 1.165) is 44.3 Å². The van der Waals surface area contributed by atoms with E-state index in [0.29, 0.717) is 11.1 Å². The predicted octanol–water partition coefficient (Wildman–Crippen LogP) is 11.7. The van der Waals surface area contributed by atoms with Gasteiger partial charge in [0, 0.05) is 53.1 Å². The number of nitrogens with zero attached hydrogens (tertiary/aromatic N) is 4. The minimum atomic E-state index is 0.595. The summed E-state index contributed by atoms with van der Waals surface area (Å²) in [6, 6.07) is 55.6. The van der Waals surface area contributed by atoms with Crippen molar-refractivity contribution in [3.05, 3.63) is 157 Å². The van der Waals surface area contributed by atoms with Gasteiger partial charge < -0.3 is 9.13 Å². The lowest BCUT2D eigenvalue weighted by atomic mass is 10.0. The molecule has 0 radical (unpaired) electrons. The van der Waals surface area contributed by atoms with Crippen LogP contribution in [0.5, 0.6) is 0 Å². The highest BCUT2D eigenvalue weighted by Gasteiger charge is 2.17. The van der Waals surface area contributed by atoms with Gasteiger partial charge in [0.25, 0.3) is 0 Å². The van der Waals surface area contributed by atoms with E-state index in [9.17, 15) is 10.5 Å². The topological polar surface area (TPSA) is 57.4 Å². The van der Waals surface area contributed by atoms with Crippen molar-refractivity contribution in [1.82, 2.24) is 9.13 Å². The van der Waals surface area contributed by atoms with E-state index in [1.54, 1.807) is 0 Å². The van der Waals surface area contributed by atoms with Gasteiger partial charge in [0.1, 0.15) is 0 Å². The second kappa shape index (κ2) is 10.4. The highest BCUT2D eigenvalue weighted by Crippen LogP contribution is 2.41. The number of hydrogen-bond acceptors (Lipinski definition) is 3. The minimum absolute atomic E-state index is 0.595. The largest absolute Gasteiger partial charge is 0.309 e. The molecule has 0 saturated heterocycles. The summed E-state index contributed by atoms with van der Waals surface area (Å²) in [6.45, 7) is 0. The molecule has 0 amide bonds. The molecule has 0 aliphatic carbocycles. The Morgan fingerprint density at radius 3 is 1.59 bits per heavy atom. The lowest BCUT2D eigenvalue weighted by molar-refractivity contribution is 1.17. The Labute approximate surface area is 285 Å². The third-order valence-electron chi connectivity index (χ3n) is 9.74. The number of para-hydroxylation sites is 1. The van der Waals surface area contributed by atoms with E-state index >= 15 is 0 Å². The van der Waals surface area contributed by atoms with Crippen LogP contribution in [0.4, 0.5) is 0 Å². The molecule has 0 spiro atoms. The van der Waals surface area contributed by atoms with Gasteiger partial charge in [0.2, 0.25) is 0 Å². The van der Waals surface area contributed by atoms with Crippen LogP contribution >= 0.6 is 11.3 Å². The van der Waals surface area contributed by atoms with Gasteiger partial charge in [0.15, 0.2) is 0 Å². The van der Waals surface area contributed by atoms with E-state index in [1.807, 2.05) is 47.7 Å². The molecule has 0 N–H and O–H groups in total. The maximum absolute atomic E-state index is 9.63. The number of rotatable bonds is 3. The van der Waals surface area contributed by atoms with Crippen molar-refractivity contribution in [3.63, 3.8) is 0 Å². The first-order valence-corrected chi connectivity index (χ1v) is 16.9. The number of hydrogen-bond donors (Lipinski definition) is 0. The molecule has 3 heterocycles. The number of nitriles is 2. The molecule has 4 nitrogen and oxygen atoms in total. The van der Waals surface area contributed by atoms with Gasteiger partial charge in [-0.25, -0.2) is 0 Å². The van der Waals surface area contributed by atoms with E-state index in [2.05, 4.69) is 130 Å². The molecule has 0 aliphatic rings. The van der Waals surface area contributed by atoms with Crippen LogP contribution < -0.4 is 0 Å². The molecule has 0 unspecified atom stereocenters. The monoisotopic (exact) mass is 640 g/mol. The highest BCUT2D eigenvalue weighted by atomic mass is 32.1. The van der Waals surface area contributed by atoms with Gasteiger partial charge in [-0.3, -0.25) is 0 Å². The molecule has 10 rings (SSSR count). The van der Waals surface area contributed by atoms with Crippen LogP contribution in [0.15, 0.2) is 146 Å². The molecule has 226 valence electrons. The number of benzene rings is 7. The number of fused-ring (bicyclic) bond motifs is 9. The van der Waals surface area contributed by atoms with Crippen LogP contribution in [0, 0.1) is 22.7 Å². The smallest absolute Gasteiger partial charge is 0.0991 e. The quantitative estimate of drug-likeness (QED) is 0.193. The van der Waals surface area contributed by atoms with Crippen molar-refractivity contribution in [2.45, 2.75) is 0 Å². The van der Waals surface area contributed by atoms with Crippen LogP contribution in [-0.2, 0) is 0 Å². The second-order valence-electron chi connectivity index (χ2n) is 12.4. The van der Waals surface area contributed by atoms with E-state index in [-0.39, 0.29) is 0 Å². The molecule has 0 fully saturated rings. The Morgan fingerprint density at radius 2 is 0.939 bits per heavy atom. The third-order valence-corrected chi connectivity index (χ3v) is 10.9. The average Bonchev–Trinajstić information content (AvgIpc) is 3.80. The van der Waals surface area contributed by atoms with E-state index in [1.165, 1.54) is 42.0 Å². The first-order chi connectivity index (χ1) is 24.2. The summed E-state index contributed by atoms with van der Waals surface area (Å²) in [6.07, 6.45) is 0. The van der Waals surface area contributed by atoms with Crippen molar-refractivity contribution < 1.29 is 0 Å². The summed E-state index contributed by atoms with van der Waals surface area (Å²) in [7, 11) is 0. The maximum atomic E-state index is 9.63. The fourth-order valence-electron chi connectivity index (χ4n) is 7.56. The zero-order valence-electron chi connectivity index (χ0n) is 26.1. The second-order valence-corrected chi connectivity index (χ2v) is 13.5. The van der Waals surface area contributed by atoms with Gasteiger partial charge in [-0.05, 0) is 96.1 Å². The van der Waals surface area contributed by atoms with Crippen LogP contribution in [-0.4, -0.2) is 9.13 Å². The Hall–Kier alpha value is -6.66. The van der Waals surface area contributed by atoms with Crippen LogP contribution in [0.2, 0.25) is 0 Å². The lowest BCUT2D eigenvalue weighted by Gasteiger charge is -2.13. The number of thiophene rings is 1. The molecule has 3 aromatic heterocycles. The van der Waals surface area contributed by atoms with Crippen molar-refractivity contribution in [2.24, 2.45) is 0 Å². The standard InChI is InChI=1S/C44H24N4S/c45-25-27-15-17-40-35(19-27)36-20-28(26-46)16-18-41(36)47(40)31-9-5-7-29(21-31)30-8-6-10-32(22-30)48-39-13-3-1-11-33(39)37-23-38-34-12-2-4-14-43(34)49-44(38)24-42(37)48/h1-24H. The summed E-state index contributed by atoms with van der Waals surface area (Å²) in [5, 5.41) is 26.3. The van der Waals surface area contributed by atoms with Crippen molar-refractivity contribution >= 4 is 75.1 Å². The zero-order valence-corrected chi connectivity index (χ0v) is 26.9. The molecule has 0 aliphatic heterocycles. The number of aromatic nitrogens is 2. The first kappa shape index (κ1) is 27.5. The first-order valence-electron chi connectivity index (χ1n) is 16.1. The lowest BCUT2D eigenvalue weighted by Crippen LogP contribution is -1.96. The minimum Gasteiger partial charge on any atom is -0.309 e. The highest BCUT2D eigenvalue weighted by molar-refractivity contribution is 7.25. The Balaban J connectivity index is 1.16. The van der Waals surface area contributed by atoms with Gasteiger partial charge >= 0.3 is 0 Å². The summed E-state index contributed by atoms with van der Waals surface area (Å²) in [5.74, 6) is 0. The van der Waals surface area contributed by atoms with Crippen molar-refractivity contribution in [2.75, 3.05) is 0 Å². The fraction of sp³-hybridized carbons (Fsp3) is 0. The zero-order chi connectivity index (χ0) is 32.6. The van der Waals surface area contributed by atoms with E-state index in [4.69, 9.17) is 0 Å². The maximum Gasteiger partial charge on any atom is 0.0991 e. The average molecular weight is 641 g/mol. The Bertz CT molecular complexity index is 3010. The van der Waals surface area contributed by atoms with Crippen LogP contribution in [0.25, 0.3) is 86.3 Å². The molecule has 0 atom stereocenters. The molecule has 10 aromatic rings. The fourth-order valence-corrected chi connectivity index (χ4v) is 8.68. The normalized spacial score (nSPS) is 11.6. The van der Waals surface area contributed by atoms with Crippen molar-refractivity contribution in [3.8, 4) is 34.6 Å². The van der Waals surface area contributed by atoms with Crippen LogP contribution in [0.3, 0.4) is 0 Å². The molecule has 0 bridgehead atoms. The van der Waals surface area contributed by atoms with Gasteiger partial charge in [-0.1, -0.05) is 60.7 Å². The summed E-state index contributed by atoms with van der Waals surface area (Å²) in [4.78, 5) is 0. The Kier molecular flexibility index (Phi) is 5.84. The summed E-state index contributed by atoms with van der Waals surface area (Å²) >= 11 is 1.85. The summed E-state index contributed by atoms with van der Waals surface area (Å²) in [5.41, 5.74) is 9.91. The molecular formula is C44H24N4S. The van der Waals surface area contributed by atoms with Crippen molar-refractivity contribution in [1.29, 1.82) is 10.5 Å². The third kappa shape index (κ3) is 4.07. The Morgan fingerprint density at radius 1 is 0.388 bits per heavy atom.